The Morgan fingerprint density at radius 1 is 1.00 bits per heavy atom. The molecule has 1 aliphatic rings. The van der Waals surface area contributed by atoms with E-state index in [0.717, 1.165) is 5.69 Å². The Balaban J connectivity index is 1.43. The van der Waals surface area contributed by atoms with Gasteiger partial charge in [0.2, 0.25) is 5.91 Å². The summed E-state index contributed by atoms with van der Waals surface area (Å²) in [7, 11) is 0. The Hall–Kier alpha value is -2.56. The molecule has 28 heavy (non-hydrogen) atoms. The third kappa shape index (κ3) is 5.03. The number of amides is 1. The fourth-order valence-corrected chi connectivity index (χ4v) is 3.46. The van der Waals surface area contributed by atoms with E-state index in [0.29, 0.717) is 44.8 Å². The van der Waals surface area contributed by atoms with Crippen LogP contribution in [0, 0.1) is 5.82 Å². The van der Waals surface area contributed by atoms with Crippen molar-refractivity contribution in [3.8, 4) is 0 Å². The van der Waals surface area contributed by atoms with Gasteiger partial charge < -0.3 is 15.1 Å². The smallest absolute Gasteiger partial charge is 0.224 e. The van der Waals surface area contributed by atoms with Crippen molar-refractivity contribution < 1.29 is 9.18 Å². The van der Waals surface area contributed by atoms with Gasteiger partial charge in [0.15, 0.2) is 0 Å². The fourth-order valence-electron chi connectivity index (χ4n) is 3.46. The first kappa shape index (κ1) is 20.2. The molecule has 0 unspecified atom stereocenters. The minimum Gasteiger partial charge on any atom is -0.385 e. The quantitative estimate of drug-likeness (QED) is 0.837. The van der Waals surface area contributed by atoms with Crippen molar-refractivity contribution in [2.75, 3.05) is 42.9 Å². The summed E-state index contributed by atoms with van der Waals surface area (Å²) >= 11 is 0. The molecule has 1 heterocycles. The van der Waals surface area contributed by atoms with E-state index in [1.54, 1.807) is 12.1 Å². The molecule has 150 valence electrons. The molecule has 1 saturated heterocycles. The van der Waals surface area contributed by atoms with Crippen LogP contribution < -0.4 is 10.2 Å². The van der Waals surface area contributed by atoms with Gasteiger partial charge in [0.1, 0.15) is 5.82 Å². The molecule has 1 amide bonds. The highest BCUT2D eigenvalue weighted by Gasteiger charge is 2.22. The van der Waals surface area contributed by atoms with Gasteiger partial charge >= 0.3 is 0 Å². The summed E-state index contributed by atoms with van der Waals surface area (Å²) in [6.07, 6.45) is 0.459. The topological polar surface area (TPSA) is 35.6 Å². The normalized spacial score (nSPS) is 14.9. The van der Waals surface area contributed by atoms with Crippen molar-refractivity contribution in [2.45, 2.75) is 32.6 Å². The number of piperazine rings is 1. The molecular formula is C23H30FN3O. The molecule has 0 aromatic heterocycles. The minimum absolute atomic E-state index is 0.138. The standard InChI is InChI=1S/C23H30FN3O/c1-23(2,3)18-8-10-19(11-9-18)25-13-12-22(28)27-16-14-26(15-17-27)21-7-5-4-6-20(21)24/h4-11,25H,12-17H2,1-3H3. The molecule has 0 radical (unpaired) electrons. The van der Waals surface area contributed by atoms with Crippen LogP contribution in [0.1, 0.15) is 32.8 Å². The number of halogens is 1. The first-order valence-electron chi connectivity index (χ1n) is 9.96. The second-order valence-corrected chi connectivity index (χ2v) is 8.32. The second kappa shape index (κ2) is 8.63. The maximum Gasteiger partial charge on any atom is 0.224 e. The number of carbonyl (C=O) groups is 1. The Morgan fingerprint density at radius 2 is 1.64 bits per heavy atom. The largest absolute Gasteiger partial charge is 0.385 e. The van der Waals surface area contributed by atoms with Crippen LogP contribution in [0.5, 0.6) is 0 Å². The predicted molar refractivity (Wildman–Crippen MR) is 113 cm³/mol. The molecule has 0 aliphatic carbocycles. The average molecular weight is 384 g/mol. The lowest BCUT2D eigenvalue weighted by Gasteiger charge is -2.36. The van der Waals surface area contributed by atoms with Crippen molar-refractivity contribution >= 4 is 17.3 Å². The summed E-state index contributed by atoms with van der Waals surface area (Å²) in [5.41, 5.74) is 3.08. The molecule has 1 aliphatic heterocycles. The van der Waals surface area contributed by atoms with Gasteiger partial charge in [-0.05, 0) is 35.2 Å². The molecule has 0 spiro atoms. The summed E-state index contributed by atoms with van der Waals surface area (Å²) in [6.45, 7) is 9.78. The van der Waals surface area contributed by atoms with Crippen molar-refractivity contribution in [3.05, 3.63) is 59.9 Å². The molecule has 0 saturated carbocycles. The first-order chi connectivity index (χ1) is 13.3. The van der Waals surface area contributed by atoms with Gasteiger partial charge in [-0.25, -0.2) is 4.39 Å². The van der Waals surface area contributed by atoms with E-state index < -0.39 is 0 Å². The van der Waals surface area contributed by atoms with E-state index in [2.05, 4.69) is 50.4 Å². The molecular weight excluding hydrogens is 353 g/mol. The Bertz CT molecular complexity index is 790. The molecule has 1 N–H and O–H groups in total. The van der Waals surface area contributed by atoms with Crippen LogP contribution in [0.15, 0.2) is 48.5 Å². The zero-order chi connectivity index (χ0) is 20.1. The monoisotopic (exact) mass is 383 g/mol. The molecule has 3 rings (SSSR count). The van der Waals surface area contributed by atoms with Crippen molar-refractivity contribution in [3.63, 3.8) is 0 Å². The Kier molecular flexibility index (Phi) is 6.22. The zero-order valence-electron chi connectivity index (χ0n) is 17.0. The van der Waals surface area contributed by atoms with E-state index in [1.807, 2.05) is 15.9 Å². The van der Waals surface area contributed by atoms with Gasteiger partial charge in [-0.15, -0.1) is 0 Å². The number of hydrogen-bond acceptors (Lipinski definition) is 3. The van der Waals surface area contributed by atoms with Crippen molar-refractivity contribution in [2.24, 2.45) is 0 Å². The maximum absolute atomic E-state index is 13.9. The van der Waals surface area contributed by atoms with Crippen LogP contribution in [-0.2, 0) is 10.2 Å². The number of anilines is 2. The molecule has 2 aromatic carbocycles. The van der Waals surface area contributed by atoms with Crippen molar-refractivity contribution in [1.82, 2.24) is 4.90 Å². The Labute approximate surface area is 167 Å². The lowest BCUT2D eigenvalue weighted by molar-refractivity contribution is -0.131. The van der Waals surface area contributed by atoms with E-state index >= 15 is 0 Å². The van der Waals surface area contributed by atoms with Gasteiger partial charge in [-0.1, -0.05) is 45.0 Å². The van der Waals surface area contributed by atoms with E-state index in [4.69, 9.17) is 0 Å². The number of para-hydroxylation sites is 1. The molecule has 0 atom stereocenters. The van der Waals surface area contributed by atoms with Gasteiger partial charge in [0.25, 0.3) is 0 Å². The van der Waals surface area contributed by atoms with Crippen LogP contribution in [-0.4, -0.2) is 43.5 Å². The number of hydrogen-bond donors (Lipinski definition) is 1. The third-order valence-corrected chi connectivity index (χ3v) is 5.24. The number of nitrogens with zero attached hydrogens (tertiary/aromatic N) is 2. The molecule has 4 nitrogen and oxygen atoms in total. The molecule has 5 heteroatoms. The molecule has 1 fully saturated rings. The highest BCUT2D eigenvalue weighted by atomic mass is 19.1. The van der Waals surface area contributed by atoms with Crippen LogP contribution in [0.2, 0.25) is 0 Å². The number of nitrogens with one attached hydrogen (secondary N) is 1. The van der Waals surface area contributed by atoms with Gasteiger partial charge in [-0.3, -0.25) is 4.79 Å². The SMILES string of the molecule is CC(C)(C)c1ccc(NCCC(=O)N2CCN(c3ccccc3F)CC2)cc1. The lowest BCUT2D eigenvalue weighted by Crippen LogP contribution is -2.49. The Morgan fingerprint density at radius 3 is 2.25 bits per heavy atom. The van der Waals surface area contributed by atoms with E-state index in [9.17, 15) is 9.18 Å². The maximum atomic E-state index is 13.9. The zero-order valence-corrected chi connectivity index (χ0v) is 17.0. The van der Waals surface area contributed by atoms with Crippen LogP contribution in [0.25, 0.3) is 0 Å². The van der Waals surface area contributed by atoms with E-state index in [-0.39, 0.29) is 17.1 Å². The highest BCUT2D eigenvalue weighted by molar-refractivity contribution is 5.77. The van der Waals surface area contributed by atoms with E-state index in [1.165, 1.54) is 11.6 Å². The van der Waals surface area contributed by atoms with Crippen LogP contribution in [0.3, 0.4) is 0 Å². The number of benzene rings is 2. The fraction of sp³-hybridized carbons (Fsp3) is 0.435. The van der Waals surface area contributed by atoms with Gasteiger partial charge in [0.05, 0.1) is 5.69 Å². The molecule has 0 bridgehead atoms. The predicted octanol–water partition coefficient (Wildman–Crippen LogP) is 4.27. The minimum atomic E-state index is -0.205. The summed E-state index contributed by atoms with van der Waals surface area (Å²) in [5.74, 6) is -0.0593. The first-order valence-corrected chi connectivity index (χ1v) is 9.96. The van der Waals surface area contributed by atoms with Gasteiger partial charge in [-0.2, -0.15) is 0 Å². The van der Waals surface area contributed by atoms with Crippen LogP contribution >= 0.6 is 0 Å². The summed E-state index contributed by atoms with van der Waals surface area (Å²) in [6, 6.07) is 15.2. The third-order valence-electron chi connectivity index (χ3n) is 5.24. The van der Waals surface area contributed by atoms with Gasteiger partial charge in [0, 0.05) is 44.8 Å². The summed E-state index contributed by atoms with van der Waals surface area (Å²) in [4.78, 5) is 16.4. The highest BCUT2D eigenvalue weighted by Crippen LogP contribution is 2.23. The number of carbonyl (C=O) groups excluding carboxylic acids is 1. The molecule has 2 aromatic rings. The van der Waals surface area contributed by atoms with Crippen LogP contribution in [0.4, 0.5) is 15.8 Å². The average Bonchev–Trinajstić information content (AvgIpc) is 2.68. The lowest BCUT2D eigenvalue weighted by atomic mass is 9.87. The van der Waals surface area contributed by atoms with Crippen molar-refractivity contribution in [1.29, 1.82) is 0 Å². The summed E-state index contributed by atoms with van der Waals surface area (Å²) in [5, 5.41) is 3.33. The second-order valence-electron chi connectivity index (χ2n) is 8.32. The summed E-state index contributed by atoms with van der Waals surface area (Å²) < 4.78 is 13.9. The number of rotatable bonds is 5.